The quantitative estimate of drug-likeness (QED) is 0.264. The largest absolute Gasteiger partial charge is 3.00 e. The van der Waals surface area contributed by atoms with Crippen LogP contribution >= 0.6 is 0 Å². The van der Waals surface area contributed by atoms with E-state index in [1.165, 1.54) is 0 Å². The maximum atomic E-state index is 4.22. The van der Waals surface area contributed by atoms with E-state index in [0.29, 0.717) is 0 Å². The van der Waals surface area contributed by atoms with E-state index < -0.39 is 0 Å². The van der Waals surface area contributed by atoms with Crippen LogP contribution in [0.15, 0.2) is 116 Å². The standard InChI is InChI=1S/C16H14N2.C11H8N.Ir/c1-14-7-5-6-10-16(14)18-12-11-17(13-18)15-8-3-2-4-9-15;1-2-6-10(7-3-1)11-8-4-5-9-12-11;/h2-13H,1H2;1-6,8-9H;/q-2;-1;+3. The van der Waals surface area contributed by atoms with E-state index in [9.17, 15) is 0 Å². The molecule has 0 bridgehead atoms. The van der Waals surface area contributed by atoms with Crippen LogP contribution < -0.4 is 9.80 Å². The Morgan fingerprint density at radius 1 is 0.742 bits per heavy atom. The predicted molar refractivity (Wildman–Crippen MR) is 124 cm³/mol. The Kier molecular flexibility index (Phi) is 8.05. The topological polar surface area (TPSA) is 19.4 Å². The fourth-order valence-electron chi connectivity index (χ4n) is 3.09. The molecule has 1 aliphatic heterocycles. The van der Waals surface area contributed by atoms with Gasteiger partial charge in [0.15, 0.2) is 0 Å². The Hall–Kier alpha value is -3.33. The van der Waals surface area contributed by atoms with Crippen LogP contribution in [0.2, 0.25) is 0 Å². The van der Waals surface area contributed by atoms with E-state index in [1.54, 1.807) is 6.20 Å². The zero-order valence-corrected chi connectivity index (χ0v) is 19.3. The third-order valence-corrected chi connectivity index (χ3v) is 4.61. The molecule has 5 rings (SSSR count). The first-order chi connectivity index (χ1) is 14.8. The third-order valence-electron chi connectivity index (χ3n) is 4.61. The summed E-state index contributed by atoms with van der Waals surface area (Å²) in [6, 6.07) is 35.2. The molecule has 3 aromatic carbocycles. The molecule has 154 valence electrons. The Bertz CT molecular complexity index is 1050. The summed E-state index contributed by atoms with van der Waals surface area (Å²) in [5, 5.41) is 0. The van der Waals surface area contributed by atoms with Gasteiger partial charge in [-0.15, -0.1) is 42.0 Å². The van der Waals surface area contributed by atoms with Gasteiger partial charge in [-0.25, -0.2) is 0 Å². The number of para-hydroxylation sites is 2. The van der Waals surface area contributed by atoms with Crippen molar-refractivity contribution in [1.29, 1.82) is 0 Å². The first-order valence-corrected chi connectivity index (χ1v) is 9.75. The Labute approximate surface area is 198 Å². The number of aromatic nitrogens is 1. The molecule has 0 amide bonds. The van der Waals surface area contributed by atoms with Crippen molar-refractivity contribution in [3.05, 3.63) is 141 Å². The fraction of sp³-hybridized carbons (Fsp3) is 0. The van der Waals surface area contributed by atoms with Gasteiger partial charge in [0.05, 0.1) is 0 Å². The smallest absolute Gasteiger partial charge is 0.532 e. The second-order valence-corrected chi connectivity index (χ2v) is 6.68. The monoisotopic (exact) mass is 581 g/mol. The van der Waals surface area contributed by atoms with Crippen LogP contribution in [0.4, 0.5) is 11.4 Å². The van der Waals surface area contributed by atoms with Gasteiger partial charge in [0.2, 0.25) is 0 Å². The average Bonchev–Trinajstić information content (AvgIpc) is 3.32. The van der Waals surface area contributed by atoms with Gasteiger partial charge in [-0.05, 0) is 36.3 Å². The number of hydrogen-bond acceptors (Lipinski definition) is 3. The van der Waals surface area contributed by atoms with Crippen molar-refractivity contribution in [2.45, 2.75) is 0 Å². The van der Waals surface area contributed by atoms with Gasteiger partial charge in [0.1, 0.15) is 0 Å². The second-order valence-electron chi connectivity index (χ2n) is 6.68. The number of anilines is 2. The maximum absolute atomic E-state index is 4.22. The zero-order chi connectivity index (χ0) is 20.6. The summed E-state index contributed by atoms with van der Waals surface area (Å²) in [5.41, 5.74) is 5.29. The summed E-state index contributed by atoms with van der Waals surface area (Å²) in [6.45, 7) is 6.10. The molecule has 31 heavy (non-hydrogen) atoms. The van der Waals surface area contributed by atoms with Gasteiger partial charge in [-0.3, -0.25) is 0 Å². The third kappa shape index (κ3) is 5.85. The van der Waals surface area contributed by atoms with E-state index in [1.807, 2.05) is 91.3 Å². The van der Waals surface area contributed by atoms with E-state index >= 15 is 0 Å². The van der Waals surface area contributed by atoms with Crippen molar-refractivity contribution in [3.63, 3.8) is 0 Å². The number of hydrogen-bond donors (Lipinski definition) is 0. The molecule has 0 saturated heterocycles. The van der Waals surface area contributed by atoms with Crippen molar-refractivity contribution in [1.82, 2.24) is 4.98 Å². The first kappa shape index (κ1) is 22.4. The van der Waals surface area contributed by atoms with Crippen LogP contribution in [-0.4, -0.2) is 4.98 Å². The van der Waals surface area contributed by atoms with E-state index in [4.69, 9.17) is 0 Å². The summed E-state index contributed by atoms with van der Waals surface area (Å²) in [4.78, 5) is 8.39. The molecule has 4 aromatic rings. The van der Waals surface area contributed by atoms with E-state index in [2.05, 4.69) is 52.6 Å². The predicted octanol–water partition coefficient (Wildman–Crippen LogP) is 6.33. The summed E-state index contributed by atoms with van der Waals surface area (Å²) in [7, 11) is 0. The second kappa shape index (κ2) is 11.2. The normalized spacial score (nSPS) is 12.0. The molecule has 1 aliphatic rings. The van der Waals surface area contributed by atoms with Crippen LogP contribution in [0, 0.1) is 19.7 Å². The summed E-state index contributed by atoms with van der Waals surface area (Å²) in [6.07, 6.45) is 5.87. The molecule has 1 aromatic heterocycles. The molecule has 0 fully saturated rings. The molecule has 0 saturated carbocycles. The van der Waals surface area contributed by atoms with Gasteiger partial charge in [0.25, 0.3) is 0 Å². The zero-order valence-electron chi connectivity index (χ0n) is 16.9. The Balaban J connectivity index is 0.000000183. The molecule has 0 atom stereocenters. The van der Waals surface area contributed by atoms with Crippen molar-refractivity contribution >= 4 is 11.4 Å². The average molecular weight is 581 g/mol. The van der Waals surface area contributed by atoms with E-state index in [0.717, 1.165) is 28.2 Å². The van der Waals surface area contributed by atoms with Gasteiger partial charge in [0, 0.05) is 11.9 Å². The molecular formula is C27H22IrN3. The van der Waals surface area contributed by atoms with Crippen LogP contribution in [-0.2, 0) is 20.1 Å². The van der Waals surface area contributed by atoms with Crippen LogP contribution in [0.25, 0.3) is 11.3 Å². The molecule has 3 nitrogen and oxygen atoms in total. The van der Waals surface area contributed by atoms with E-state index in [-0.39, 0.29) is 20.1 Å². The molecule has 0 radical (unpaired) electrons. The van der Waals surface area contributed by atoms with Crippen molar-refractivity contribution in [2.75, 3.05) is 9.80 Å². The molecule has 0 aliphatic carbocycles. The van der Waals surface area contributed by atoms with Crippen molar-refractivity contribution < 1.29 is 20.1 Å². The molecule has 0 unspecified atom stereocenters. The Morgan fingerprint density at radius 3 is 2.16 bits per heavy atom. The minimum Gasteiger partial charge on any atom is -0.532 e. The minimum atomic E-state index is 0. The maximum Gasteiger partial charge on any atom is 3.00 e. The van der Waals surface area contributed by atoms with Gasteiger partial charge in [-0.1, -0.05) is 48.2 Å². The van der Waals surface area contributed by atoms with Gasteiger partial charge < -0.3 is 14.8 Å². The van der Waals surface area contributed by atoms with Crippen molar-refractivity contribution in [2.24, 2.45) is 0 Å². The first-order valence-electron chi connectivity index (χ1n) is 9.75. The fourth-order valence-corrected chi connectivity index (χ4v) is 3.09. The molecule has 4 heteroatoms. The van der Waals surface area contributed by atoms with Crippen LogP contribution in [0.3, 0.4) is 0 Å². The number of benzene rings is 3. The summed E-state index contributed by atoms with van der Waals surface area (Å²) < 4.78 is 0. The summed E-state index contributed by atoms with van der Waals surface area (Å²) >= 11 is 0. The molecular weight excluding hydrogens is 559 g/mol. The van der Waals surface area contributed by atoms with Gasteiger partial charge in [-0.2, -0.15) is 25.2 Å². The molecule has 0 N–H and O–H groups in total. The molecule has 0 spiro atoms. The number of pyridine rings is 1. The molecule has 2 heterocycles. The SMILES string of the molecule is [CH2-]c1ccccc1N1C=CN(c2ccccc2)[CH-]1.[Ir+3].[c-]1ccccc1-c1ccccn1. The number of nitrogens with zero attached hydrogens (tertiary/aromatic N) is 3. The van der Waals surface area contributed by atoms with Gasteiger partial charge >= 0.3 is 20.1 Å². The van der Waals surface area contributed by atoms with Crippen LogP contribution in [0.5, 0.6) is 0 Å². The summed E-state index contributed by atoms with van der Waals surface area (Å²) in [5.74, 6) is 0. The Morgan fingerprint density at radius 2 is 1.45 bits per heavy atom. The van der Waals surface area contributed by atoms with Crippen LogP contribution in [0.1, 0.15) is 5.56 Å². The number of rotatable bonds is 3. The minimum absolute atomic E-state index is 0. The van der Waals surface area contributed by atoms with Crippen molar-refractivity contribution in [3.8, 4) is 11.3 Å².